The third-order valence-electron chi connectivity index (χ3n) is 3.87. The Labute approximate surface area is 136 Å². The van der Waals surface area contributed by atoms with Crippen LogP contribution in [0.4, 0.5) is 4.39 Å². The average Bonchev–Trinajstić information content (AvgIpc) is 3.05. The summed E-state index contributed by atoms with van der Waals surface area (Å²) < 4.78 is 13.5. The first-order chi connectivity index (χ1) is 11.4. The molecule has 2 aromatic rings. The van der Waals surface area contributed by atoms with Gasteiger partial charge < -0.3 is 20.0 Å². The summed E-state index contributed by atoms with van der Waals surface area (Å²) in [7, 11) is 0. The monoisotopic (exact) mass is 334 g/mol. The second-order valence-electron chi connectivity index (χ2n) is 5.53. The van der Waals surface area contributed by atoms with Crippen LogP contribution in [0.1, 0.15) is 17.9 Å². The summed E-state index contributed by atoms with van der Waals surface area (Å²) in [5.41, 5.74) is 0.821. The molecule has 7 nitrogen and oxygen atoms in total. The van der Waals surface area contributed by atoms with E-state index in [1.165, 1.54) is 17.0 Å². The molecule has 8 heteroatoms. The second kappa shape index (κ2) is 6.23. The summed E-state index contributed by atoms with van der Waals surface area (Å²) in [4.78, 5) is 30.1. The molecule has 24 heavy (non-hydrogen) atoms. The van der Waals surface area contributed by atoms with Crippen LogP contribution < -0.4 is 4.84 Å². The van der Waals surface area contributed by atoms with Crippen molar-refractivity contribution in [2.24, 2.45) is 0 Å². The first kappa shape index (κ1) is 15.9. The number of benzene rings is 1. The van der Waals surface area contributed by atoms with Crippen LogP contribution >= 0.6 is 0 Å². The fourth-order valence-corrected chi connectivity index (χ4v) is 2.67. The van der Waals surface area contributed by atoms with Gasteiger partial charge in [-0.3, -0.25) is 4.79 Å². The number of hydrogen-bond acceptors (Lipinski definition) is 5. The van der Waals surface area contributed by atoms with Crippen molar-refractivity contribution in [2.75, 3.05) is 13.1 Å². The minimum absolute atomic E-state index is 0.126. The smallest absolute Gasteiger partial charge is 0.352 e. The second-order valence-corrected chi connectivity index (χ2v) is 5.53. The van der Waals surface area contributed by atoms with Crippen LogP contribution in [0, 0.1) is 5.82 Å². The standard InChI is InChI=1S/C16H15FN2O5/c17-12-3-1-10(2-4-12)11-7-15(22)18(8-11)9-16(23)24-19-13(20)5-6-14(19)21/h1-6,11,20-21H,7-9H2. The van der Waals surface area contributed by atoms with E-state index in [1.807, 2.05) is 0 Å². The van der Waals surface area contributed by atoms with Crippen molar-refractivity contribution < 1.29 is 29.0 Å². The molecule has 3 rings (SSSR count). The highest BCUT2D eigenvalue weighted by Gasteiger charge is 2.32. The third-order valence-corrected chi connectivity index (χ3v) is 3.87. The van der Waals surface area contributed by atoms with E-state index in [0.717, 1.165) is 17.7 Å². The van der Waals surface area contributed by atoms with Gasteiger partial charge >= 0.3 is 5.97 Å². The van der Waals surface area contributed by atoms with Gasteiger partial charge in [0, 0.05) is 31.0 Å². The third kappa shape index (κ3) is 3.17. The van der Waals surface area contributed by atoms with Crippen molar-refractivity contribution in [1.82, 2.24) is 9.63 Å². The predicted molar refractivity (Wildman–Crippen MR) is 79.7 cm³/mol. The summed E-state index contributed by atoms with van der Waals surface area (Å²) in [6, 6.07) is 8.21. The van der Waals surface area contributed by atoms with Gasteiger partial charge in [0.05, 0.1) is 0 Å². The maximum absolute atomic E-state index is 13.0. The topological polar surface area (TPSA) is 92.0 Å². The molecule has 1 aromatic carbocycles. The van der Waals surface area contributed by atoms with E-state index in [-0.39, 0.29) is 30.6 Å². The highest BCUT2D eigenvalue weighted by atomic mass is 19.1. The quantitative estimate of drug-likeness (QED) is 0.871. The van der Waals surface area contributed by atoms with E-state index >= 15 is 0 Å². The van der Waals surface area contributed by atoms with Gasteiger partial charge in [-0.15, -0.1) is 4.73 Å². The molecule has 0 saturated carbocycles. The lowest BCUT2D eigenvalue weighted by atomic mass is 9.98. The summed E-state index contributed by atoms with van der Waals surface area (Å²) in [5.74, 6) is -2.36. The van der Waals surface area contributed by atoms with Crippen LogP contribution in [-0.4, -0.2) is 44.8 Å². The number of carbonyl (C=O) groups is 2. The van der Waals surface area contributed by atoms with E-state index in [9.17, 15) is 24.2 Å². The van der Waals surface area contributed by atoms with Crippen LogP contribution in [0.5, 0.6) is 11.8 Å². The molecule has 1 aliphatic rings. The lowest BCUT2D eigenvalue weighted by molar-refractivity contribution is -0.149. The van der Waals surface area contributed by atoms with Crippen LogP contribution in [0.3, 0.4) is 0 Å². The molecular weight excluding hydrogens is 319 g/mol. The van der Waals surface area contributed by atoms with Crippen molar-refractivity contribution in [2.45, 2.75) is 12.3 Å². The molecular formula is C16H15FN2O5. The summed E-state index contributed by atoms with van der Waals surface area (Å²) in [5, 5.41) is 18.8. The van der Waals surface area contributed by atoms with Crippen molar-refractivity contribution in [3.05, 3.63) is 47.8 Å². The predicted octanol–water partition coefficient (Wildman–Crippen LogP) is 1.01. The van der Waals surface area contributed by atoms with E-state index in [0.29, 0.717) is 11.3 Å². The largest absolute Gasteiger partial charge is 0.492 e. The number of aromatic hydroxyl groups is 2. The molecule has 1 fully saturated rings. The molecule has 2 heterocycles. The van der Waals surface area contributed by atoms with Crippen molar-refractivity contribution in [3.8, 4) is 11.8 Å². The molecule has 0 spiro atoms. The maximum Gasteiger partial charge on any atom is 0.352 e. The minimum Gasteiger partial charge on any atom is -0.492 e. The Morgan fingerprint density at radius 1 is 1.17 bits per heavy atom. The van der Waals surface area contributed by atoms with Crippen molar-refractivity contribution in [1.29, 1.82) is 0 Å². The van der Waals surface area contributed by atoms with Gasteiger partial charge in [-0.05, 0) is 17.7 Å². The van der Waals surface area contributed by atoms with Gasteiger partial charge in [0.15, 0.2) is 0 Å². The van der Waals surface area contributed by atoms with E-state index < -0.39 is 17.7 Å². The highest BCUT2D eigenvalue weighted by molar-refractivity contribution is 5.84. The number of amides is 1. The summed E-state index contributed by atoms with van der Waals surface area (Å²) in [6.45, 7) is -0.00318. The van der Waals surface area contributed by atoms with Gasteiger partial charge in [0.1, 0.15) is 12.4 Å². The van der Waals surface area contributed by atoms with Crippen LogP contribution in [0.15, 0.2) is 36.4 Å². The number of halogens is 1. The molecule has 1 aromatic heterocycles. The SMILES string of the molecule is O=C(CN1CC(c2ccc(F)cc2)CC1=O)On1c(O)ccc1O. The molecule has 126 valence electrons. The Kier molecular flexibility index (Phi) is 4.11. The molecule has 2 N–H and O–H groups in total. The van der Waals surface area contributed by atoms with E-state index in [2.05, 4.69) is 0 Å². The Bertz CT molecular complexity index is 752. The molecule has 1 atom stereocenters. The van der Waals surface area contributed by atoms with Crippen molar-refractivity contribution in [3.63, 3.8) is 0 Å². The average molecular weight is 334 g/mol. The number of rotatable bonds is 4. The first-order valence-electron chi connectivity index (χ1n) is 7.28. The number of aromatic nitrogens is 1. The molecule has 1 aliphatic heterocycles. The molecule has 1 unspecified atom stereocenters. The zero-order valence-corrected chi connectivity index (χ0v) is 12.6. The number of hydrogen-bond donors (Lipinski definition) is 2. The van der Waals surface area contributed by atoms with E-state index in [1.54, 1.807) is 12.1 Å². The summed E-state index contributed by atoms with van der Waals surface area (Å²) in [6.07, 6.45) is 0.221. The molecule has 0 radical (unpaired) electrons. The van der Waals surface area contributed by atoms with Gasteiger partial charge in [0.2, 0.25) is 17.7 Å². The van der Waals surface area contributed by atoms with Crippen molar-refractivity contribution >= 4 is 11.9 Å². The zero-order valence-electron chi connectivity index (χ0n) is 12.6. The fourth-order valence-electron chi connectivity index (χ4n) is 2.67. The number of likely N-dealkylation sites (tertiary alicyclic amines) is 1. The summed E-state index contributed by atoms with van der Waals surface area (Å²) >= 11 is 0. The van der Waals surface area contributed by atoms with Gasteiger partial charge in [-0.25, -0.2) is 9.18 Å². The Hall–Kier alpha value is -3.03. The molecule has 0 aliphatic carbocycles. The lowest BCUT2D eigenvalue weighted by Gasteiger charge is -2.16. The van der Waals surface area contributed by atoms with Crippen LogP contribution in [0.2, 0.25) is 0 Å². The number of carbonyl (C=O) groups excluding carboxylic acids is 2. The van der Waals surface area contributed by atoms with E-state index in [4.69, 9.17) is 4.84 Å². The zero-order chi connectivity index (χ0) is 17.3. The fraction of sp³-hybridized carbons (Fsp3) is 0.250. The molecule has 0 bridgehead atoms. The Balaban J connectivity index is 1.62. The number of nitrogens with zero attached hydrogens (tertiary/aromatic N) is 2. The molecule has 1 saturated heterocycles. The first-order valence-corrected chi connectivity index (χ1v) is 7.28. The Morgan fingerprint density at radius 2 is 1.79 bits per heavy atom. The van der Waals surface area contributed by atoms with Crippen LogP contribution in [-0.2, 0) is 9.59 Å². The Morgan fingerprint density at radius 3 is 2.42 bits per heavy atom. The lowest BCUT2D eigenvalue weighted by Crippen LogP contribution is -2.35. The maximum atomic E-state index is 13.0. The van der Waals surface area contributed by atoms with Crippen LogP contribution in [0.25, 0.3) is 0 Å². The van der Waals surface area contributed by atoms with Gasteiger partial charge in [0.25, 0.3) is 0 Å². The minimum atomic E-state index is -0.801. The normalized spacial score (nSPS) is 17.3. The van der Waals surface area contributed by atoms with Gasteiger partial charge in [-0.1, -0.05) is 12.1 Å². The van der Waals surface area contributed by atoms with Gasteiger partial charge in [-0.2, -0.15) is 0 Å². The molecule has 1 amide bonds. The highest BCUT2D eigenvalue weighted by Crippen LogP contribution is 2.28.